The van der Waals surface area contributed by atoms with Gasteiger partial charge in [0.25, 0.3) is 0 Å². The smallest absolute Gasteiger partial charge is 0.305 e. The maximum atomic E-state index is 15.7. The number of aromatic nitrogens is 2. The molecule has 9 rings (SSSR count). The van der Waals surface area contributed by atoms with E-state index in [1.165, 1.54) is 38.4 Å². The second-order valence-corrected chi connectivity index (χ2v) is 35.2. The number of amides is 16. The second kappa shape index (κ2) is 49.1. The van der Waals surface area contributed by atoms with Crippen molar-refractivity contribution >= 4 is 134 Å². The largest absolute Gasteiger partial charge is 0.508 e. The third-order valence-corrected chi connectivity index (χ3v) is 25.2. The van der Waals surface area contributed by atoms with E-state index in [1.807, 2.05) is 27.7 Å². The van der Waals surface area contributed by atoms with Gasteiger partial charge in [-0.2, -0.15) is 0 Å². The number of fused-ring (bicyclic) bond motifs is 5. The molecule has 131 heavy (non-hydrogen) atoms. The molecule has 3 aromatic carbocycles. The molecule has 0 radical (unpaired) electrons. The van der Waals surface area contributed by atoms with Crippen molar-refractivity contribution in [1.82, 2.24) is 87.6 Å². The van der Waals surface area contributed by atoms with Crippen LogP contribution in [0.5, 0.6) is 5.75 Å². The fraction of sp³-hybridized carbons (Fsp3) is 0.562. The Morgan fingerprint density at radius 3 is 1.60 bits per heavy atom. The molecule has 0 spiro atoms. The number of aromatic hydroxyl groups is 1. The van der Waals surface area contributed by atoms with E-state index in [4.69, 9.17) is 17.2 Å². The van der Waals surface area contributed by atoms with E-state index in [1.54, 1.807) is 60.9 Å². The first-order chi connectivity index (χ1) is 62.6. The van der Waals surface area contributed by atoms with Gasteiger partial charge in [0.2, 0.25) is 94.5 Å². The maximum Gasteiger partial charge on any atom is 0.305 e. The van der Waals surface area contributed by atoms with Crippen LogP contribution in [0.4, 0.5) is 0 Å². The standard InChI is InChI=1S/C89H126N20O21S/c1-7-9-23-68-81(122)97-59(22-15-33-90)77(118)104-67(76(117)95-44-73(92)113)47-131-48-74(114)96-62(36-50-28-30-53(111)31-29-50)87(128)107-34-16-25-69(107)82(123)101-64(40-75(115)116)88(129)108-35-17-26-70(108)83(124)102-65(41-91)79(120)98-60(32-27-49(3)4)86(127)109-45-54(112)39-72(109)84(125)99-61(37-51-42-93-57-20-13-11-18-55(51)57)78(119)103-66(46-110)80(121)100-63(38-52-43-94-58-21-14-12-19-56(52)58)85(126)106(6)71(24-10-8-2)89(130)105(68)5/h11-14,18-21,28-31,42-43,49,54,59-72,93-94,110-112H,7-10,15-17,22-27,32-41,44-48,90-91H2,1-6H3,(H2,92,113)(H,95,117)(H,96,114)(H,97,122)(H,98,120)(H,99,125)(H,100,121)(H,101,123)(H,102,124)(H,103,119)(H,104,118)(H,115,116)/t54-,59-,60-,61-,62-,63-,64-,65-,66-,67-,68-,69-,70-,71-,72-/m0/s1. The number of benzene rings is 3. The first kappa shape index (κ1) is 102. The van der Waals surface area contributed by atoms with Crippen molar-refractivity contribution in [3.05, 3.63) is 102 Å². The lowest BCUT2D eigenvalue weighted by Crippen LogP contribution is -2.62. The molecule has 42 heteroatoms. The Morgan fingerprint density at radius 2 is 1.02 bits per heavy atom. The number of nitrogens with one attached hydrogen (secondary N) is 12. The fourth-order valence-electron chi connectivity index (χ4n) is 16.9. The number of aromatic amines is 2. The summed E-state index contributed by atoms with van der Waals surface area (Å²) in [5, 5.41) is 70.6. The molecule has 4 saturated heterocycles. The van der Waals surface area contributed by atoms with E-state index < -0.39 is 235 Å². The average molecular weight is 1840 g/mol. The lowest BCUT2D eigenvalue weighted by molar-refractivity contribution is -0.149. The number of aliphatic carboxylic acids is 1. The molecule has 2 aromatic heterocycles. The van der Waals surface area contributed by atoms with Crippen molar-refractivity contribution in [3.8, 4) is 5.75 Å². The number of nitrogens with zero attached hydrogens (tertiary/aromatic N) is 5. The number of carbonyl (C=O) groups is 17. The van der Waals surface area contributed by atoms with E-state index in [0.29, 0.717) is 70.6 Å². The van der Waals surface area contributed by atoms with Gasteiger partial charge in [-0.05, 0) is 118 Å². The third kappa shape index (κ3) is 27.9. The summed E-state index contributed by atoms with van der Waals surface area (Å²) in [4.78, 5) is 261. The minimum atomic E-state index is -1.88. The Morgan fingerprint density at radius 1 is 0.527 bits per heavy atom. The number of carbonyl (C=O) groups excluding carboxylic acids is 16. The summed E-state index contributed by atoms with van der Waals surface area (Å²) in [5.41, 5.74) is 20.3. The molecule has 0 saturated carbocycles. The number of para-hydroxylation sites is 2. The van der Waals surface area contributed by atoms with Crippen molar-refractivity contribution in [1.29, 1.82) is 0 Å². The van der Waals surface area contributed by atoms with Gasteiger partial charge in [-0.1, -0.05) is 102 Å². The van der Waals surface area contributed by atoms with Crippen LogP contribution in [0.1, 0.15) is 147 Å². The molecule has 16 amide bonds. The molecular formula is C89H126N20O21S. The molecule has 0 unspecified atom stereocenters. The van der Waals surface area contributed by atoms with Crippen molar-refractivity contribution in [2.24, 2.45) is 23.1 Å². The number of H-pyrrole nitrogens is 2. The monoisotopic (exact) mass is 1840 g/mol. The number of rotatable bonds is 25. The van der Waals surface area contributed by atoms with Gasteiger partial charge >= 0.3 is 5.97 Å². The van der Waals surface area contributed by atoms with Crippen molar-refractivity contribution in [2.45, 2.75) is 240 Å². The van der Waals surface area contributed by atoms with Crippen LogP contribution in [0.3, 0.4) is 0 Å². The summed E-state index contributed by atoms with van der Waals surface area (Å²) in [6, 6.07) is -1.87. The molecular weight excluding hydrogens is 1720 g/mol. The highest BCUT2D eigenvalue weighted by molar-refractivity contribution is 8.00. The second-order valence-electron chi connectivity index (χ2n) is 34.2. The molecule has 4 aliphatic heterocycles. The zero-order chi connectivity index (χ0) is 95.4. The van der Waals surface area contributed by atoms with Gasteiger partial charge < -0.3 is 125 Å². The number of likely N-dealkylation sites (N-methyl/N-ethyl adjacent to an activating group) is 2. The number of aliphatic hydroxyl groups is 2. The van der Waals surface area contributed by atoms with Gasteiger partial charge in [-0.15, -0.1) is 11.8 Å². The summed E-state index contributed by atoms with van der Waals surface area (Å²) in [6.45, 7) is 4.32. The number of thioether (sulfide) groups is 1. The molecule has 15 atom stereocenters. The molecule has 0 bridgehead atoms. The van der Waals surface area contributed by atoms with Crippen LogP contribution in [0, 0.1) is 5.92 Å². The molecule has 0 aliphatic carbocycles. The highest BCUT2D eigenvalue weighted by Gasteiger charge is 2.47. The van der Waals surface area contributed by atoms with Crippen LogP contribution >= 0.6 is 11.8 Å². The quantitative estimate of drug-likeness (QED) is 0.0291. The number of carboxylic acids is 1. The van der Waals surface area contributed by atoms with Crippen molar-refractivity contribution in [2.75, 3.05) is 71.5 Å². The van der Waals surface area contributed by atoms with Gasteiger partial charge in [0.05, 0.1) is 31.4 Å². The minimum Gasteiger partial charge on any atom is -0.508 e. The molecule has 5 aromatic rings. The van der Waals surface area contributed by atoms with E-state index in [9.17, 15) is 63.6 Å². The Labute approximate surface area is 762 Å². The number of primary amides is 1. The molecule has 4 fully saturated rings. The number of carboxylic acid groups (broad SMARTS) is 1. The van der Waals surface area contributed by atoms with Crippen molar-refractivity contribution < 1.29 is 102 Å². The van der Waals surface area contributed by atoms with E-state index in [2.05, 4.69) is 63.1 Å². The van der Waals surface area contributed by atoms with Gasteiger partial charge in [-0.25, -0.2) is 0 Å². The van der Waals surface area contributed by atoms with Gasteiger partial charge in [0, 0.05) is 106 Å². The van der Waals surface area contributed by atoms with E-state index in [-0.39, 0.29) is 115 Å². The Balaban J connectivity index is 1.08. The highest BCUT2D eigenvalue weighted by Crippen LogP contribution is 2.29. The Kier molecular flexibility index (Phi) is 38.4. The SMILES string of the molecule is CCCC[C@H]1C(=O)N(C)[C@@H](CCCC)C(=O)N[C@@H](CCCN)C(=O)N[C@H](C(=O)NCC(N)=O)CSCC(=O)N[C@@H](Cc2ccc(O)cc2)C(=O)N2CCC[C@H]2C(=O)N[C@@H](CC(=O)O)C(=O)N2CCC[C@H]2C(=O)N[C@@H](CN)C(=O)N[C@@H](CCC(C)C)C(=O)N2C[C@@H](O)C[C@H]2C(=O)N[C@@H](Cc2c[nH]c3ccccc23)C(=O)N[C@@H](CO)C(=O)N[C@@H](Cc2c[nH]c3ccccc23)C(=O)N1C. The number of nitrogens with two attached hydrogens (primary N) is 3. The van der Waals surface area contributed by atoms with Crippen LogP contribution < -0.4 is 70.4 Å². The maximum absolute atomic E-state index is 15.7. The van der Waals surface area contributed by atoms with Crippen molar-refractivity contribution in [3.63, 3.8) is 0 Å². The molecule has 4 aliphatic rings. The summed E-state index contributed by atoms with van der Waals surface area (Å²) >= 11 is 0.788. The lowest BCUT2D eigenvalue weighted by atomic mass is 10.00. The number of phenols is 1. The highest BCUT2D eigenvalue weighted by atomic mass is 32.2. The minimum absolute atomic E-state index is 0.00354. The molecule has 6 heterocycles. The summed E-state index contributed by atoms with van der Waals surface area (Å²) in [7, 11) is 2.71. The number of hydrogen-bond donors (Lipinski definition) is 19. The summed E-state index contributed by atoms with van der Waals surface area (Å²) in [6.07, 6.45) is 1.93. The first-order valence-corrected chi connectivity index (χ1v) is 45.8. The topological polar surface area (TPSA) is 617 Å². The Bertz CT molecular complexity index is 4900. The van der Waals surface area contributed by atoms with Crippen LogP contribution in [0.2, 0.25) is 0 Å². The zero-order valence-electron chi connectivity index (χ0n) is 74.7. The summed E-state index contributed by atoms with van der Waals surface area (Å²) in [5.74, 6) is -17.5. The Hall–Kier alpha value is -12.3. The van der Waals surface area contributed by atoms with Crippen LogP contribution in [0.15, 0.2) is 85.2 Å². The lowest BCUT2D eigenvalue weighted by Gasteiger charge is -2.36. The molecule has 22 N–H and O–H groups in total. The third-order valence-electron chi connectivity index (χ3n) is 24.1. The van der Waals surface area contributed by atoms with E-state index >= 15 is 38.4 Å². The predicted molar refractivity (Wildman–Crippen MR) is 481 cm³/mol. The van der Waals surface area contributed by atoms with E-state index in [0.717, 1.165) is 36.3 Å². The summed E-state index contributed by atoms with van der Waals surface area (Å²) < 4.78 is 0. The van der Waals surface area contributed by atoms with Crippen LogP contribution in [-0.2, 0) is 101 Å². The average Bonchev–Trinajstić information content (AvgIpc) is 1.71. The molecule has 714 valence electrons. The number of phenolic OH excluding ortho intramolecular Hbond substituents is 1. The predicted octanol–water partition coefficient (Wildman–Crippen LogP) is -2.33. The van der Waals surface area contributed by atoms with Crippen LogP contribution in [0.25, 0.3) is 21.8 Å². The first-order valence-electron chi connectivity index (χ1n) is 44.7. The number of aliphatic hydroxyl groups excluding tert-OH is 2. The van der Waals surface area contributed by atoms with Crippen LogP contribution in [-0.4, -0.2) is 318 Å². The zero-order valence-corrected chi connectivity index (χ0v) is 75.5. The molecule has 41 nitrogen and oxygen atoms in total. The van der Waals surface area contributed by atoms with Gasteiger partial charge in [0.1, 0.15) is 90.3 Å². The number of hydrogen-bond acceptors (Lipinski definition) is 23. The fourth-order valence-corrected chi connectivity index (χ4v) is 17.7. The van der Waals surface area contributed by atoms with Gasteiger partial charge in [-0.3, -0.25) is 81.5 Å². The number of unbranched alkanes of at least 4 members (excludes halogenated alkanes) is 2. The normalized spacial score (nSPS) is 25.6. The van der Waals surface area contributed by atoms with Gasteiger partial charge in [0.15, 0.2) is 0 Å².